The second kappa shape index (κ2) is 14.5. The number of carbonyl (C=O) groups excluding carboxylic acids is 3. The summed E-state index contributed by atoms with van der Waals surface area (Å²) in [6.45, 7) is 6.85. The monoisotopic (exact) mass is 592 g/mol. The highest BCUT2D eigenvalue weighted by molar-refractivity contribution is 7.98. The number of aryl methyl sites for hydroxylation is 1. The lowest BCUT2D eigenvalue weighted by Crippen LogP contribution is -2.56. The van der Waals surface area contributed by atoms with Gasteiger partial charge in [-0.2, -0.15) is 0 Å². The van der Waals surface area contributed by atoms with E-state index in [1.54, 1.807) is 20.0 Å². The van der Waals surface area contributed by atoms with Crippen molar-refractivity contribution in [3.8, 4) is 0 Å². The standard InChI is InChI=1S/C31H40N6O4S/c1-4-26-34-25(19-37(26)42-27(23-15-9-6-10-16-23)29(39)36-17-11-12-18-36)35-28(38)24(33-30(40)31(2,3)32)21-41-20-22-13-7-5-8-14-22/h5-10,13-16,19,24,27H,4,11-12,17-18,20-21,32H2,1-3H3,(H,33,40)(H,35,38)/t24-,27?/m1/s1. The van der Waals surface area contributed by atoms with Gasteiger partial charge in [-0.15, -0.1) is 0 Å². The van der Waals surface area contributed by atoms with Crippen LogP contribution in [0.15, 0.2) is 66.9 Å². The fraction of sp³-hybridized carbons (Fsp3) is 0.419. The Morgan fingerprint density at radius 3 is 2.31 bits per heavy atom. The number of rotatable bonds is 13. The van der Waals surface area contributed by atoms with Crippen LogP contribution < -0.4 is 16.4 Å². The van der Waals surface area contributed by atoms with Crippen LogP contribution in [0.25, 0.3) is 0 Å². The van der Waals surface area contributed by atoms with Gasteiger partial charge in [0.1, 0.15) is 17.1 Å². The first-order chi connectivity index (χ1) is 20.2. The van der Waals surface area contributed by atoms with Crippen LogP contribution in [0.1, 0.15) is 55.8 Å². The van der Waals surface area contributed by atoms with Crippen molar-refractivity contribution >= 4 is 35.5 Å². The number of aromatic nitrogens is 2. The van der Waals surface area contributed by atoms with Crippen LogP contribution in [0, 0.1) is 0 Å². The summed E-state index contributed by atoms with van der Waals surface area (Å²) in [5.41, 5.74) is 6.64. The molecule has 1 fully saturated rings. The SMILES string of the molecule is CCc1nc(NC(=O)[C@@H](COCc2ccccc2)NC(=O)C(C)(C)N)cn1SC(C(=O)N1CCCC1)c1ccccc1. The van der Waals surface area contributed by atoms with Crippen molar-refractivity contribution in [2.75, 3.05) is 25.0 Å². The van der Waals surface area contributed by atoms with Crippen LogP contribution in [-0.4, -0.2) is 62.9 Å². The molecule has 10 nitrogen and oxygen atoms in total. The summed E-state index contributed by atoms with van der Waals surface area (Å²) in [5.74, 6) is 0.125. The summed E-state index contributed by atoms with van der Waals surface area (Å²) >= 11 is 1.37. The molecule has 0 aliphatic carbocycles. The lowest BCUT2D eigenvalue weighted by Gasteiger charge is -2.24. The minimum Gasteiger partial charge on any atom is -0.374 e. The zero-order valence-electron chi connectivity index (χ0n) is 24.4. The molecule has 3 aromatic rings. The Morgan fingerprint density at radius 2 is 1.69 bits per heavy atom. The van der Waals surface area contributed by atoms with Crippen molar-refractivity contribution in [2.24, 2.45) is 5.73 Å². The van der Waals surface area contributed by atoms with E-state index in [9.17, 15) is 14.4 Å². The number of imidazole rings is 1. The molecule has 4 rings (SSSR count). The number of nitrogens with two attached hydrogens (primary N) is 1. The number of hydrogen-bond donors (Lipinski definition) is 3. The molecule has 11 heteroatoms. The van der Waals surface area contributed by atoms with Gasteiger partial charge in [-0.3, -0.25) is 18.4 Å². The zero-order valence-corrected chi connectivity index (χ0v) is 25.2. The van der Waals surface area contributed by atoms with E-state index in [4.69, 9.17) is 10.5 Å². The second-order valence-corrected chi connectivity index (χ2v) is 12.0. The maximum atomic E-state index is 13.5. The molecular weight excluding hydrogens is 552 g/mol. The highest BCUT2D eigenvalue weighted by atomic mass is 32.2. The van der Waals surface area contributed by atoms with Gasteiger partial charge in [0.05, 0.1) is 24.9 Å². The molecular formula is C31H40N6O4S. The highest BCUT2D eigenvalue weighted by Crippen LogP contribution is 2.35. The number of nitrogens with one attached hydrogen (secondary N) is 2. The van der Waals surface area contributed by atoms with Crippen LogP contribution in [0.2, 0.25) is 0 Å². The third-order valence-corrected chi connectivity index (χ3v) is 8.11. The average Bonchev–Trinajstić information content (AvgIpc) is 3.66. The summed E-state index contributed by atoms with van der Waals surface area (Å²) in [6, 6.07) is 18.3. The van der Waals surface area contributed by atoms with Gasteiger partial charge in [-0.25, -0.2) is 4.98 Å². The number of carbonyl (C=O) groups is 3. The quantitative estimate of drug-likeness (QED) is 0.276. The number of amides is 3. The van der Waals surface area contributed by atoms with E-state index in [-0.39, 0.29) is 19.1 Å². The summed E-state index contributed by atoms with van der Waals surface area (Å²) < 4.78 is 7.64. The van der Waals surface area contributed by atoms with Crippen LogP contribution in [-0.2, 0) is 32.1 Å². The minimum absolute atomic E-state index is 0.0565. The molecule has 1 aliphatic rings. The molecule has 2 atom stereocenters. The van der Waals surface area contributed by atoms with Gasteiger partial charge in [0.2, 0.25) is 11.8 Å². The van der Waals surface area contributed by atoms with Crippen molar-refractivity contribution in [3.63, 3.8) is 0 Å². The number of benzene rings is 2. The summed E-state index contributed by atoms with van der Waals surface area (Å²) in [7, 11) is 0. The topological polar surface area (TPSA) is 132 Å². The molecule has 3 amide bonds. The Kier molecular flexibility index (Phi) is 10.8. The van der Waals surface area contributed by atoms with Gasteiger partial charge < -0.3 is 26.0 Å². The molecule has 1 aliphatic heterocycles. The van der Waals surface area contributed by atoms with Crippen LogP contribution in [0.5, 0.6) is 0 Å². The molecule has 0 radical (unpaired) electrons. The van der Waals surface area contributed by atoms with E-state index in [0.29, 0.717) is 18.1 Å². The van der Waals surface area contributed by atoms with Gasteiger partial charge >= 0.3 is 0 Å². The number of nitrogens with zero attached hydrogens (tertiary/aromatic N) is 3. The molecule has 0 spiro atoms. The van der Waals surface area contributed by atoms with Gasteiger partial charge in [-0.05, 0) is 49.8 Å². The third kappa shape index (κ3) is 8.43. The molecule has 2 aromatic carbocycles. The van der Waals surface area contributed by atoms with E-state index in [2.05, 4.69) is 15.6 Å². The Hall–Kier alpha value is -3.67. The van der Waals surface area contributed by atoms with Crippen molar-refractivity contribution in [2.45, 2.75) is 63.5 Å². The van der Waals surface area contributed by atoms with Crippen LogP contribution >= 0.6 is 11.9 Å². The van der Waals surface area contributed by atoms with Crippen LogP contribution in [0.4, 0.5) is 5.82 Å². The Morgan fingerprint density at radius 1 is 1.05 bits per heavy atom. The number of likely N-dealkylation sites (tertiary alicyclic amines) is 1. The minimum atomic E-state index is -1.18. The van der Waals surface area contributed by atoms with Crippen molar-refractivity contribution in [1.82, 2.24) is 19.2 Å². The molecule has 1 aromatic heterocycles. The van der Waals surface area contributed by atoms with Crippen molar-refractivity contribution < 1.29 is 19.1 Å². The van der Waals surface area contributed by atoms with Gasteiger partial charge in [0, 0.05) is 19.5 Å². The molecule has 1 saturated heterocycles. The first-order valence-corrected chi connectivity index (χ1v) is 15.1. The van der Waals surface area contributed by atoms with E-state index < -0.39 is 28.6 Å². The fourth-order valence-electron chi connectivity index (χ4n) is 4.49. The molecule has 4 N–H and O–H groups in total. The van der Waals surface area contributed by atoms with Crippen molar-refractivity contribution in [3.05, 3.63) is 83.8 Å². The third-order valence-electron chi connectivity index (χ3n) is 6.88. The average molecular weight is 593 g/mol. The Bertz CT molecular complexity index is 1340. The molecule has 224 valence electrons. The van der Waals surface area contributed by atoms with E-state index in [1.165, 1.54) is 11.9 Å². The predicted octanol–water partition coefficient (Wildman–Crippen LogP) is 3.68. The first kappa shape index (κ1) is 31.3. The Labute approximate surface area is 251 Å². The van der Waals surface area contributed by atoms with E-state index in [1.807, 2.05) is 76.5 Å². The van der Waals surface area contributed by atoms with Gasteiger partial charge in [0.25, 0.3) is 5.91 Å². The normalized spacial score (nSPS) is 14.8. The second-order valence-electron chi connectivity index (χ2n) is 10.9. The molecule has 0 bridgehead atoms. The molecule has 1 unspecified atom stereocenters. The lowest BCUT2D eigenvalue weighted by molar-refractivity contribution is -0.130. The zero-order chi connectivity index (χ0) is 30.1. The highest BCUT2D eigenvalue weighted by Gasteiger charge is 2.31. The number of ether oxygens (including phenoxy) is 1. The van der Waals surface area contributed by atoms with E-state index in [0.717, 1.165) is 37.1 Å². The smallest absolute Gasteiger partial charge is 0.250 e. The van der Waals surface area contributed by atoms with Gasteiger partial charge in [-0.1, -0.05) is 67.6 Å². The Balaban J connectivity index is 1.50. The summed E-state index contributed by atoms with van der Waals surface area (Å²) in [5, 5.41) is 5.07. The van der Waals surface area contributed by atoms with Gasteiger partial charge in [0.15, 0.2) is 5.82 Å². The first-order valence-electron chi connectivity index (χ1n) is 14.3. The summed E-state index contributed by atoms with van der Waals surface area (Å²) in [6.07, 6.45) is 4.32. The maximum absolute atomic E-state index is 13.5. The number of hydrogen-bond acceptors (Lipinski definition) is 7. The largest absolute Gasteiger partial charge is 0.374 e. The van der Waals surface area contributed by atoms with Crippen molar-refractivity contribution in [1.29, 1.82) is 0 Å². The number of anilines is 1. The fourth-order valence-corrected chi connectivity index (χ4v) is 5.69. The molecule has 42 heavy (non-hydrogen) atoms. The molecule has 2 heterocycles. The maximum Gasteiger partial charge on any atom is 0.250 e. The van der Waals surface area contributed by atoms with Crippen LogP contribution in [0.3, 0.4) is 0 Å². The lowest BCUT2D eigenvalue weighted by atomic mass is 10.1. The summed E-state index contributed by atoms with van der Waals surface area (Å²) in [4.78, 5) is 46.1. The molecule has 0 saturated carbocycles. The predicted molar refractivity (Wildman–Crippen MR) is 165 cm³/mol. The van der Waals surface area contributed by atoms with E-state index >= 15 is 0 Å².